The Bertz CT molecular complexity index is 582. The van der Waals surface area contributed by atoms with Crippen molar-refractivity contribution in [2.24, 2.45) is 11.7 Å². The predicted octanol–water partition coefficient (Wildman–Crippen LogP) is 9.93. The number of unbranched alkanes of at least 4 members (excludes halogenated alkanes) is 13. The van der Waals surface area contributed by atoms with E-state index in [4.69, 9.17) is 5.73 Å². The highest BCUT2D eigenvalue weighted by Crippen LogP contribution is 2.16. The molecule has 0 aromatic heterocycles. The first-order valence-electron chi connectivity index (χ1n) is 14.3. The van der Waals surface area contributed by atoms with E-state index in [1.165, 1.54) is 83.5 Å². The molecule has 0 aromatic carbocycles. The summed E-state index contributed by atoms with van der Waals surface area (Å²) in [5.41, 5.74) is 5.40. The number of hydrogen-bond acceptors (Lipinski definition) is 1. The van der Waals surface area contributed by atoms with Crippen molar-refractivity contribution < 1.29 is 4.79 Å². The van der Waals surface area contributed by atoms with E-state index in [0.29, 0.717) is 0 Å². The SMILES string of the molecule is CCC=CC=CC=CC=CCCCC=CCCCCCCCCCCCCCC(CC)C(N)=O. The van der Waals surface area contributed by atoms with Crippen LogP contribution in [-0.4, -0.2) is 5.91 Å². The van der Waals surface area contributed by atoms with Gasteiger partial charge < -0.3 is 5.73 Å². The van der Waals surface area contributed by atoms with Crippen molar-refractivity contribution in [1.29, 1.82) is 0 Å². The average Bonchev–Trinajstić information content (AvgIpc) is 2.83. The highest BCUT2D eigenvalue weighted by Gasteiger charge is 2.11. The summed E-state index contributed by atoms with van der Waals surface area (Å²) in [6, 6.07) is 0. The Balaban J connectivity index is 3.32. The summed E-state index contributed by atoms with van der Waals surface area (Å²) in [5, 5.41) is 0. The molecule has 0 radical (unpaired) electrons. The zero-order valence-electron chi connectivity index (χ0n) is 22.6. The van der Waals surface area contributed by atoms with Crippen LogP contribution in [0.2, 0.25) is 0 Å². The van der Waals surface area contributed by atoms with Crippen molar-refractivity contribution in [1.82, 2.24) is 0 Å². The van der Waals surface area contributed by atoms with Gasteiger partial charge in [-0.05, 0) is 51.4 Å². The largest absolute Gasteiger partial charge is 0.369 e. The third-order valence-corrected chi connectivity index (χ3v) is 6.29. The summed E-state index contributed by atoms with van der Waals surface area (Å²) in [5.74, 6) is -0.0254. The molecular weight excluding hydrogens is 414 g/mol. The van der Waals surface area contributed by atoms with Gasteiger partial charge in [0.25, 0.3) is 0 Å². The monoisotopic (exact) mass is 469 g/mol. The molecule has 0 heterocycles. The van der Waals surface area contributed by atoms with Gasteiger partial charge in [0, 0.05) is 5.92 Å². The van der Waals surface area contributed by atoms with E-state index >= 15 is 0 Å². The molecular formula is C32H55NO. The number of carbonyl (C=O) groups excluding carboxylic acids is 1. The topological polar surface area (TPSA) is 43.1 Å². The Kier molecular flexibility index (Phi) is 25.9. The lowest BCUT2D eigenvalue weighted by Crippen LogP contribution is -2.22. The van der Waals surface area contributed by atoms with Crippen molar-refractivity contribution >= 4 is 5.91 Å². The van der Waals surface area contributed by atoms with E-state index in [2.05, 4.69) is 74.6 Å². The van der Waals surface area contributed by atoms with Crippen LogP contribution >= 0.6 is 0 Å². The van der Waals surface area contributed by atoms with Crippen LogP contribution in [0.4, 0.5) is 0 Å². The quantitative estimate of drug-likeness (QED) is 0.0852. The van der Waals surface area contributed by atoms with Crippen LogP contribution in [0.5, 0.6) is 0 Å². The smallest absolute Gasteiger partial charge is 0.220 e. The number of primary amides is 1. The van der Waals surface area contributed by atoms with E-state index in [9.17, 15) is 4.79 Å². The van der Waals surface area contributed by atoms with E-state index in [0.717, 1.165) is 32.1 Å². The van der Waals surface area contributed by atoms with Gasteiger partial charge in [-0.25, -0.2) is 0 Å². The molecule has 0 fully saturated rings. The molecule has 2 nitrogen and oxygen atoms in total. The van der Waals surface area contributed by atoms with Crippen LogP contribution in [-0.2, 0) is 4.79 Å². The fraction of sp³-hybridized carbons (Fsp3) is 0.656. The molecule has 2 N–H and O–H groups in total. The minimum absolute atomic E-state index is 0.0943. The predicted molar refractivity (Wildman–Crippen MR) is 153 cm³/mol. The molecule has 1 unspecified atom stereocenters. The molecule has 0 aliphatic rings. The van der Waals surface area contributed by atoms with Gasteiger partial charge in [0.15, 0.2) is 0 Å². The molecule has 0 aliphatic heterocycles. The van der Waals surface area contributed by atoms with E-state index in [1.54, 1.807) is 0 Å². The Labute approximate surface area is 212 Å². The summed E-state index contributed by atoms with van der Waals surface area (Å²) in [7, 11) is 0. The molecule has 1 amide bonds. The van der Waals surface area contributed by atoms with Crippen LogP contribution in [0.25, 0.3) is 0 Å². The van der Waals surface area contributed by atoms with Crippen LogP contribution in [0, 0.1) is 5.92 Å². The molecule has 0 bridgehead atoms. The highest BCUT2D eigenvalue weighted by atomic mass is 16.1. The number of nitrogens with two attached hydrogens (primary N) is 1. The second-order valence-corrected chi connectivity index (χ2v) is 9.41. The fourth-order valence-corrected chi connectivity index (χ4v) is 4.03. The lowest BCUT2D eigenvalue weighted by molar-refractivity contribution is -0.122. The van der Waals surface area contributed by atoms with Crippen LogP contribution in [0.3, 0.4) is 0 Å². The molecule has 0 rings (SSSR count). The summed E-state index contributed by atoms with van der Waals surface area (Å²) in [6.45, 7) is 4.20. The first-order valence-corrected chi connectivity index (χ1v) is 14.3. The zero-order valence-corrected chi connectivity index (χ0v) is 22.6. The number of hydrogen-bond donors (Lipinski definition) is 1. The van der Waals surface area contributed by atoms with Crippen molar-refractivity contribution in [2.45, 2.75) is 129 Å². The Morgan fingerprint density at radius 2 is 1.00 bits per heavy atom. The molecule has 1 atom stereocenters. The van der Waals surface area contributed by atoms with Crippen molar-refractivity contribution in [2.75, 3.05) is 0 Å². The average molecular weight is 470 g/mol. The van der Waals surface area contributed by atoms with Crippen LogP contribution in [0.1, 0.15) is 129 Å². The molecule has 0 aromatic rings. The van der Waals surface area contributed by atoms with E-state index < -0.39 is 0 Å². The molecule has 0 saturated heterocycles. The first kappa shape index (κ1) is 32.2. The Morgan fingerprint density at radius 1 is 0.559 bits per heavy atom. The van der Waals surface area contributed by atoms with Gasteiger partial charge in [0.1, 0.15) is 0 Å². The maximum Gasteiger partial charge on any atom is 0.220 e. The van der Waals surface area contributed by atoms with Crippen molar-refractivity contribution in [3.05, 3.63) is 60.8 Å². The summed E-state index contributed by atoms with van der Waals surface area (Å²) >= 11 is 0. The van der Waals surface area contributed by atoms with Gasteiger partial charge in [-0.2, -0.15) is 0 Å². The zero-order chi connectivity index (χ0) is 25.0. The number of carbonyl (C=O) groups is 1. The summed E-state index contributed by atoms with van der Waals surface area (Å²) in [6.07, 6.45) is 44.2. The fourth-order valence-electron chi connectivity index (χ4n) is 4.03. The first-order chi connectivity index (χ1) is 16.7. The molecule has 0 aliphatic carbocycles. The van der Waals surface area contributed by atoms with E-state index in [1.807, 2.05) is 0 Å². The summed E-state index contributed by atoms with van der Waals surface area (Å²) in [4.78, 5) is 11.2. The number of allylic oxidation sites excluding steroid dienone is 10. The van der Waals surface area contributed by atoms with Crippen molar-refractivity contribution in [3.8, 4) is 0 Å². The lowest BCUT2D eigenvalue weighted by Gasteiger charge is -2.09. The number of rotatable bonds is 24. The summed E-state index contributed by atoms with van der Waals surface area (Å²) < 4.78 is 0. The maximum atomic E-state index is 11.2. The second kappa shape index (κ2) is 27.4. The molecule has 0 saturated carbocycles. The van der Waals surface area contributed by atoms with Gasteiger partial charge in [-0.1, -0.05) is 139 Å². The number of amides is 1. The van der Waals surface area contributed by atoms with Crippen molar-refractivity contribution in [3.63, 3.8) is 0 Å². The third kappa shape index (κ3) is 24.8. The highest BCUT2D eigenvalue weighted by molar-refractivity contribution is 5.76. The Morgan fingerprint density at radius 3 is 1.53 bits per heavy atom. The van der Waals surface area contributed by atoms with Gasteiger partial charge in [-0.3, -0.25) is 4.79 Å². The maximum absolute atomic E-state index is 11.2. The minimum Gasteiger partial charge on any atom is -0.369 e. The van der Waals surface area contributed by atoms with Gasteiger partial charge in [0.05, 0.1) is 0 Å². The normalized spacial score (nSPS) is 13.5. The van der Waals surface area contributed by atoms with Gasteiger partial charge in [-0.15, -0.1) is 0 Å². The van der Waals surface area contributed by atoms with E-state index in [-0.39, 0.29) is 11.8 Å². The molecule has 194 valence electrons. The third-order valence-electron chi connectivity index (χ3n) is 6.29. The molecule has 2 heteroatoms. The van der Waals surface area contributed by atoms with Gasteiger partial charge >= 0.3 is 0 Å². The lowest BCUT2D eigenvalue weighted by atomic mass is 9.97. The standard InChI is InChI=1S/C32H55NO/c1-3-5-6-7-8-9-10-11-12-13-14-15-16-17-18-19-20-21-22-23-24-25-26-27-28-29-30-31(4-2)32(33)34/h5-12,16-17,31H,3-4,13-15,18-30H2,1-2H3,(H2,33,34). The van der Waals surface area contributed by atoms with Crippen LogP contribution < -0.4 is 5.73 Å². The second-order valence-electron chi connectivity index (χ2n) is 9.41. The Hall–Kier alpha value is -1.83. The van der Waals surface area contributed by atoms with Crippen LogP contribution in [0.15, 0.2) is 60.8 Å². The minimum atomic E-state index is -0.120. The van der Waals surface area contributed by atoms with Gasteiger partial charge in [0.2, 0.25) is 5.91 Å². The molecule has 0 spiro atoms. The molecule has 34 heavy (non-hydrogen) atoms.